The Morgan fingerprint density at radius 3 is 2.80 bits per heavy atom. The molecule has 4 nitrogen and oxygen atoms in total. The standard InChI is InChI=1S/C20H24N4.ClH/c1-23-12-10-22-20(23)19-15-21-9-13-24(19)11-8-16-6-7-17-4-2-3-5-18(17)14-16;/h2-7,10,12,14,19,21H,8-9,11,13,15H2,1H3;1H. The van der Waals surface area contributed by atoms with Crippen LogP contribution in [-0.4, -0.2) is 40.6 Å². The first-order valence-electron chi connectivity index (χ1n) is 8.71. The van der Waals surface area contributed by atoms with Gasteiger partial charge in [0.1, 0.15) is 5.82 Å². The molecule has 4 rings (SSSR count). The first-order valence-corrected chi connectivity index (χ1v) is 8.71. The van der Waals surface area contributed by atoms with Crippen LogP contribution in [0.1, 0.15) is 17.4 Å². The van der Waals surface area contributed by atoms with Gasteiger partial charge in [0.2, 0.25) is 0 Å². The zero-order valence-corrected chi connectivity index (χ0v) is 15.4. The smallest absolute Gasteiger partial charge is 0.127 e. The second kappa shape index (κ2) is 8.00. The topological polar surface area (TPSA) is 33.1 Å². The van der Waals surface area contributed by atoms with Crippen molar-refractivity contribution in [3.05, 3.63) is 66.2 Å². The van der Waals surface area contributed by atoms with Gasteiger partial charge in [0, 0.05) is 45.6 Å². The molecule has 1 atom stereocenters. The molecule has 1 N–H and O–H groups in total. The number of piperazine rings is 1. The Hall–Kier alpha value is -1.88. The molecule has 1 saturated heterocycles. The van der Waals surface area contributed by atoms with Gasteiger partial charge in [-0.15, -0.1) is 12.4 Å². The lowest BCUT2D eigenvalue weighted by Gasteiger charge is -2.35. The van der Waals surface area contributed by atoms with E-state index >= 15 is 0 Å². The second-order valence-corrected chi connectivity index (χ2v) is 6.58. The molecule has 0 saturated carbocycles. The molecule has 0 radical (unpaired) electrons. The highest BCUT2D eigenvalue weighted by molar-refractivity contribution is 5.85. The summed E-state index contributed by atoms with van der Waals surface area (Å²) in [5.74, 6) is 1.15. The molecule has 0 bridgehead atoms. The molecular weight excluding hydrogens is 332 g/mol. The number of hydrogen-bond donors (Lipinski definition) is 1. The zero-order chi connectivity index (χ0) is 16.4. The molecule has 2 heterocycles. The number of hydrogen-bond acceptors (Lipinski definition) is 3. The Bertz CT molecular complexity index is 829. The summed E-state index contributed by atoms with van der Waals surface area (Å²) in [6, 6.07) is 15.8. The van der Waals surface area contributed by atoms with Crippen molar-refractivity contribution in [2.75, 3.05) is 26.2 Å². The van der Waals surface area contributed by atoms with Crippen LogP contribution in [0, 0.1) is 0 Å². The molecule has 5 heteroatoms. The summed E-state index contributed by atoms with van der Waals surface area (Å²) in [6.45, 7) is 4.17. The van der Waals surface area contributed by atoms with Gasteiger partial charge >= 0.3 is 0 Å². The van der Waals surface area contributed by atoms with Crippen molar-refractivity contribution in [3.8, 4) is 0 Å². The van der Waals surface area contributed by atoms with E-state index in [1.807, 2.05) is 12.4 Å². The van der Waals surface area contributed by atoms with E-state index in [9.17, 15) is 0 Å². The average Bonchev–Trinajstić information content (AvgIpc) is 3.06. The van der Waals surface area contributed by atoms with E-state index < -0.39 is 0 Å². The van der Waals surface area contributed by atoms with Crippen LogP contribution in [0.3, 0.4) is 0 Å². The highest BCUT2D eigenvalue weighted by atomic mass is 35.5. The van der Waals surface area contributed by atoms with Crippen molar-refractivity contribution in [3.63, 3.8) is 0 Å². The third-order valence-electron chi connectivity index (χ3n) is 5.01. The molecule has 0 aliphatic carbocycles. The van der Waals surface area contributed by atoms with Gasteiger partial charge < -0.3 is 9.88 Å². The Labute approximate surface area is 155 Å². The van der Waals surface area contributed by atoms with E-state index in [4.69, 9.17) is 0 Å². The van der Waals surface area contributed by atoms with E-state index in [0.717, 1.165) is 38.4 Å². The van der Waals surface area contributed by atoms with Crippen LogP contribution in [0.5, 0.6) is 0 Å². The van der Waals surface area contributed by atoms with Gasteiger partial charge in [0.05, 0.1) is 6.04 Å². The van der Waals surface area contributed by atoms with Crippen molar-refractivity contribution in [1.29, 1.82) is 0 Å². The van der Waals surface area contributed by atoms with Crippen molar-refractivity contribution in [2.45, 2.75) is 12.5 Å². The van der Waals surface area contributed by atoms with Crippen LogP contribution in [0.2, 0.25) is 0 Å². The monoisotopic (exact) mass is 356 g/mol. The summed E-state index contributed by atoms with van der Waals surface area (Å²) in [5, 5.41) is 6.15. The Balaban J connectivity index is 0.00000182. The summed E-state index contributed by atoms with van der Waals surface area (Å²) in [7, 11) is 2.08. The third-order valence-corrected chi connectivity index (χ3v) is 5.01. The van der Waals surface area contributed by atoms with Crippen molar-refractivity contribution < 1.29 is 0 Å². The number of fused-ring (bicyclic) bond motifs is 1. The summed E-state index contributed by atoms with van der Waals surface area (Å²) >= 11 is 0. The molecular formula is C20H25ClN4. The molecule has 1 aliphatic heterocycles. The third kappa shape index (κ3) is 3.87. The van der Waals surface area contributed by atoms with Crippen LogP contribution in [-0.2, 0) is 13.5 Å². The predicted octanol–water partition coefficient (Wildman–Crippen LogP) is 3.18. The number of rotatable bonds is 4. The van der Waals surface area contributed by atoms with Crippen molar-refractivity contribution in [2.24, 2.45) is 7.05 Å². The van der Waals surface area contributed by atoms with E-state index in [0.29, 0.717) is 6.04 Å². The van der Waals surface area contributed by atoms with E-state index in [1.165, 1.54) is 16.3 Å². The normalized spacial score (nSPS) is 18.2. The fraction of sp³-hybridized carbons (Fsp3) is 0.350. The molecule has 1 aliphatic rings. The quantitative estimate of drug-likeness (QED) is 0.779. The van der Waals surface area contributed by atoms with E-state index in [2.05, 4.69) is 69.3 Å². The van der Waals surface area contributed by atoms with Gasteiger partial charge in [-0.25, -0.2) is 4.98 Å². The van der Waals surface area contributed by atoms with E-state index in [1.54, 1.807) is 0 Å². The van der Waals surface area contributed by atoms with Gasteiger partial charge in [-0.05, 0) is 22.8 Å². The zero-order valence-electron chi connectivity index (χ0n) is 14.6. The maximum Gasteiger partial charge on any atom is 0.127 e. The molecule has 0 amide bonds. The van der Waals surface area contributed by atoms with Crippen LogP contribution in [0.25, 0.3) is 10.8 Å². The minimum atomic E-state index is 0. The average molecular weight is 357 g/mol. The molecule has 25 heavy (non-hydrogen) atoms. The lowest BCUT2D eigenvalue weighted by molar-refractivity contribution is 0.155. The van der Waals surface area contributed by atoms with E-state index in [-0.39, 0.29) is 12.4 Å². The summed E-state index contributed by atoms with van der Waals surface area (Å²) in [5.41, 5.74) is 1.41. The largest absolute Gasteiger partial charge is 0.337 e. The Morgan fingerprint density at radius 1 is 1.16 bits per heavy atom. The molecule has 2 aromatic carbocycles. The highest BCUT2D eigenvalue weighted by Crippen LogP contribution is 2.21. The minimum Gasteiger partial charge on any atom is -0.337 e. The number of nitrogens with one attached hydrogen (secondary N) is 1. The number of imidazole rings is 1. The summed E-state index contributed by atoms with van der Waals surface area (Å²) in [6.07, 6.45) is 5.00. The molecule has 0 spiro atoms. The van der Waals surface area contributed by atoms with Gasteiger partial charge in [-0.2, -0.15) is 0 Å². The lowest BCUT2D eigenvalue weighted by Crippen LogP contribution is -2.47. The van der Waals surface area contributed by atoms with Gasteiger partial charge in [0.15, 0.2) is 0 Å². The van der Waals surface area contributed by atoms with Crippen LogP contribution >= 0.6 is 12.4 Å². The predicted molar refractivity (Wildman–Crippen MR) is 105 cm³/mol. The number of aromatic nitrogens is 2. The Kier molecular flexibility index (Phi) is 5.74. The van der Waals surface area contributed by atoms with Gasteiger partial charge in [-0.3, -0.25) is 4.90 Å². The number of halogens is 1. The van der Waals surface area contributed by atoms with Crippen molar-refractivity contribution >= 4 is 23.2 Å². The molecule has 132 valence electrons. The molecule has 1 aromatic heterocycles. The van der Waals surface area contributed by atoms with Crippen LogP contribution in [0.15, 0.2) is 54.9 Å². The number of nitrogens with zero attached hydrogens (tertiary/aromatic N) is 3. The SMILES string of the molecule is Cl.Cn1ccnc1C1CNCCN1CCc1ccc2ccccc2c1. The second-order valence-electron chi connectivity index (χ2n) is 6.58. The molecule has 3 aromatic rings. The fourth-order valence-corrected chi connectivity index (χ4v) is 3.63. The Morgan fingerprint density at radius 2 is 2.00 bits per heavy atom. The maximum absolute atomic E-state index is 4.57. The first kappa shape index (κ1) is 17.9. The lowest BCUT2D eigenvalue weighted by atomic mass is 10.0. The number of benzene rings is 2. The maximum atomic E-state index is 4.57. The summed E-state index contributed by atoms with van der Waals surface area (Å²) in [4.78, 5) is 7.13. The highest BCUT2D eigenvalue weighted by Gasteiger charge is 2.26. The first-order chi connectivity index (χ1) is 11.8. The van der Waals surface area contributed by atoms with Crippen molar-refractivity contribution in [1.82, 2.24) is 19.8 Å². The van der Waals surface area contributed by atoms with Gasteiger partial charge in [-0.1, -0.05) is 42.5 Å². The molecule has 1 fully saturated rings. The number of aryl methyl sites for hydroxylation is 1. The molecule has 1 unspecified atom stereocenters. The fourth-order valence-electron chi connectivity index (χ4n) is 3.63. The van der Waals surface area contributed by atoms with Crippen LogP contribution < -0.4 is 5.32 Å². The van der Waals surface area contributed by atoms with Gasteiger partial charge in [0.25, 0.3) is 0 Å². The van der Waals surface area contributed by atoms with Crippen LogP contribution in [0.4, 0.5) is 0 Å². The summed E-state index contributed by atoms with van der Waals surface area (Å²) < 4.78 is 2.14. The minimum absolute atomic E-state index is 0.